The minimum atomic E-state index is 0.448. The maximum Gasteiger partial charge on any atom is 0.0294 e. The van der Waals surface area contributed by atoms with Crippen molar-refractivity contribution in [3.05, 3.63) is 34.3 Å². The van der Waals surface area contributed by atoms with Gasteiger partial charge in [0, 0.05) is 16.6 Å². The van der Waals surface area contributed by atoms with Crippen LogP contribution in [-0.2, 0) is 0 Å². The molecule has 2 heteroatoms. The van der Waals surface area contributed by atoms with Crippen LogP contribution < -0.4 is 5.32 Å². The van der Waals surface area contributed by atoms with Crippen molar-refractivity contribution in [1.82, 2.24) is 5.32 Å². The molecule has 1 atom stereocenters. The highest BCUT2D eigenvalue weighted by Crippen LogP contribution is 2.35. The molecule has 0 saturated heterocycles. The summed E-state index contributed by atoms with van der Waals surface area (Å²) in [4.78, 5) is 0. The summed E-state index contributed by atoms with van der Waals surface area (Å²) in [6.45, 7) is 7.05. The summed E-state index contributed by atoms with van der Waals surface area (Å²) in [6, 6.07) is 9.79. The Balaban J connectivity index is 1.88. The van der Waals surface area contributed by atoms with E-state index in [4.69, 9.17) is 0 Å². The average Bonchev–Trinajstić information content (AvgIpc) is 2.33. The molecule has 1 aromatic rings. The van der Waals surface area contributed by atoms with E-state index in [9.17, 15) is 0 Å². The largest absolute Gasteiger partial charge is 0.307 e. The number of nitrogens with one attached hydrogen (secondary N) is 1. The van der Waals surface area contributed by atoms with Gasteiger partial charge >= 0.3 is 0 Å². The summed E-state index contributed by atoms with van der Waals surface area (Å²) >= 11 is 3.49. The number of halogens is 1. The first kappa shape index (κ1) is 14.1. The summed E-state index contributed by atoms with van der Waals surface area (Å²) < 4.78 is 1.15. The maximum absolute atomic E-state index is 3.78. The Kier molecular flexibility index (Phi) is 4.50. The molecule has 0 unspecified atom stereocenters. The Bertz CT molecular complexity index is 373. The van der Waals surface area contributed by atoms with E-state index in [0.29, 0.717) is 17.5 Å². The average molecular weight is 310 g/mol. The smallest absolute Gasteiger partial charge is 0.0294 e. The van der Waals surface area contributed by atoms with Gasteiger partial charge in [-0.1, -0.05) is 41.9 Å². The molecular weight excluding hydrogens is 286 g/mol. The van der Waals surface area contributed by atoms with Crippen LogP contribution in [0.3, 0.4) is 0 Å². The van der Waals surface area contributed by atoms with Gasteiger partial charge in [0.25, 0.3) is 0 Å². The highest BCUT2D eigenvalue weighted by Gasteiger charge is 2.27. The lowest BCUT2D eigenvalue weighted by molar-refractivity contribution is 0.200. The molecule has 1 N–H and O–H groups in total. The topological polar surface area (TPSA) is 12.0 Å². The third kappa shape index (κ3) is 3.83. The van der Waals surface area contributed by atoms with Crippen LogP contribution >= 0.6 is 15.9 Å². The number of hydrogen-bond donors (Lipinski definition) is 1. The Morgan fingerprint density at radius 1 is 1.17 bits per heavy atom. The van der Waals surface area contributed by atoms with Crippen LogP contribution in [-0.4, -0.2) is 6.04 Å². The van der Waals surface area contributed by atoms with E-state index in [0.717, 1.165) is 4.47 Å². The third-order valence-corrected chi connectivity index (χ3v) is 4.72. The Hall–Kier alpha value is -0.340. The van der Waals surface area contributed by atoms with Crippen molar-refractivity contribution < 1.29 is 0 Å². The lowest BCUT2D eigenvalue weighted by Crippen LogP contribution is -2.36. The van der Waals surface area contributed by atoms with E-state index in [2.05, 4.69) is 66.3 Å². The van der Waals surface area contributed by atoms with E-state index in [1.54, 1.807) is 0 Å². The zero-order chi connectivity index (χ0) is 13.2. The molecule has 0 aromatic heterocycles. The van der Waals surface area contributed by atoms with Gasteiger partial charge in [-0.15, -0.1) is 0 Å². The molecule has 1 aromatic carbocycles. The van der Waals surface area contributed by atoms with E-state index in [1.807, 2.05) is 0 Å². The zero-order valence-electron chi connectivity index (χ0n) is 11.7. The molecule has 1 fully saturated rings. The highest BCUT2D eigenvalue weighted by molar-refractivity contribution is 9.10. The van der Waals surface area contributed by atoms with E-state index >= 15 is 0 Å². The van der Waals surface area contributed by atoms with E-state index < -0.39 is 0 Å². The van der Waals surface area contributed by atoms with Crippen molar-refractivity contribution in [2.75, 3.05) is 0 Å². The quantitative estimate of drug-likeness (QED) is 0.822. The molecule has 100 valence electrons. The summed E-state index contributed by atoms with van der Waals surface area (Å²) in [7, 11) is 0. The first-order chi connectivity index (χ1) is 8.46. The van der Waals surface area contributed by atoms with Crippen molar-refractivity contribution in [2.45, 2.75) is 58.5 Å². The minimum Gasteiger partial charge on any atom is -0.307 e. The van der Waals surface area contributed by atoms with Crippen LogP contribution in [0, 0.1) is 5.41 Å². The Morgan fingerprint density at radius 2 is 1.72 bits per heavy atom. The molecule has 0 spiro atoms. The molecule has 18 heavy (non-hydrogen) atoms. The second-order valence-electron chi connectivity index (χ2n) is 6.38. The number of rotatable bonds is 3. The van der Waals surface area contributed by atoms with Gasteiger partial charge in [-0.25, -0.2) is 0 Å². The van der Waals surface area contributed by atoms with Gasteiger partial charge in [-0.3, -0.25) is 0 Å². The van der Waals surface area contributed by atoms with Gasteiger partial charge in [-0.05, 0) is 55.7 Å². The first-order valence-electron chi connectivity index (χ1n) is 6.98. The second kappa shape index (κ2) is 5.75. The normalized spacial score (nSPS) is 21.8. The molecule has 2 rings (SSSR count). The van der Waals surface area contributed by atoms with Gasteiger partial charge < -0.3 is 5.32 Å². The summed E-state index contributed by atoms with van der Waals surface area (Å²) in [5.41, 5.74) is 1.93. The predicted octanol–water partition coefficient (Wildman–Crippen LogP) is 5.07. The second-order valence-corrected chi connectivity index (χ2v) is 7.29. The Morgan fingerprint density at radius 3 is 2.28 bits per heavy atom. The van der Waals surface area contributed by atoms with Crippen molar-refractivity contribution in [2.24, 2.45) is 5.41 Å². The monoisotopic (exact) mass is 309 g/mol. The van der Waals surface area contributed by atoms with Crippen LogP contribution in [0.4, 0.5) is 0 Å². The summed E-state index contributed by atoms with van der Waals surface area (Å²) in [5.74, 6) is 0. The van der Waals surface area contributed by atoms with Crippen LogP contribution in [0.5, 0.6) is 0 Å². The molecule has 1 aliphatic carbocycles. The number of hydrogen-bond acceptors (Lipinski definition) is 1. The lowest BCUT2D eigenvalue weighted by Gasteiger charge is -2.36. The fraction of sp³-hybridized carbons (Fsp3) is 0.625. The van der Waals surface area contributed by atoms with Gasteiger partial charge in [0.05, 0.1) is 0 Å². The fourth-order valence-corrected chi connectivity index (χ4v) is 3.03. The van der Waals surface area contributed by atoms with Crippen LogP contribution in [0.1, 0.15) is 58.1 Å². The standard InChI is InChI=1S/C16H24BrN/c1-12(13-4-6-14(17)7-5-13)18-15-8-10-16(2,3)11-9-15/h4-7,12,15,18H,8-11H2,1-3H3/t12-/m1/s1. The van der Waals surface area contributed by atoms with Gasteiger partial charge in [0.2, 0.25) is 0 Å². The van der Waals surface area contributed by atoms with Crippen molar-refractivity contribution >= 4 is 15.9 Å². The molecule has 1 aliphatic rings. The fourth-order valence-electron chi connectivity index (χ4n) is 2.77. The maximum atomic E-state index is 3.78. The summed E-state index contributed by atoms with van der Waals surface area (Å²) in [5, 5.41) is 3.78. The predicted molar refractivity (Wildman–Crippen MR) is 81.7 cm³/mol. The zero-order valence-corrected chi connectivity index (χ0v) is 13.3. The summed E-state index contributed by atoms with van der Waals surface area (Å²) in [6.07, 6.45) is 5.32. The number of benzene rings is 1. The van der Waals surface area contributed by atoms with Crippen LogP contribution in [0.25, 0.3) is 0 Å². The van der Waals surface area contributed by atoms with E-state index in [-0.39, 0.29) is 0 Å². The van der Waals surface area contributed by atoms with Crippen molar-refractivity contribution in [3.8, 4) is 0 Å². The van der Waals surface area contributed by atoms with Gasteiger partial charge in [0.1, 0.15) is 0 Å². The van der Waals surface area contributed by atoms with Crippen LogP contribution in [0.15, 0.2) is 28.7 Å². The molecule has 0 radical (unpaired) electrons. The highest BCUT2D eigenvalue weighted by atomic mass is 79.9. The molecule has 0 aliphatic heterocycles. The SMILES string of the molecule is C[C@@H](NC1CCC(C)(C)CC1)c1ccc(Br)cc1. The Labute approximate surface area is 119 Å². The van der Waals surface area contributed by atoms with Gasteiger partial charge in [0.15, 0.2) is 0 Å². The molecule has 1 saturated carbocycles. The third-order valence-electron chi connectivity index (χ3n) is 4.19. The van der Waals surface area contributed by atoms with E-state index in [1.165, 1.54) is 31.2 Å². The van der Waals surface area contributed by atoms with Crippen LogP contribution in [0.2, 0.25) is 0 Å². The molecule has 0 amide bonds. The molecule has 0 heterocycles. The molecule has 1 nitrogen and oxygen atoms in total. The van der Waals surface area contributed by atoms with Gasteiger partial charge in [-0.2, -0.15) is 0 Å². The minimum absolute atomic E-state index is 0.448. The first-order valence-corrected chi connectivity index (χ1v) is 7.77. The molecular formula is C16H24BrN. The van der Waals surface area contributed by atoms with Crippen molar-refractivity contribution in [1.29, 1.82) is 0 Å². The molecule has 0 bridgehead atoms. The lowest BCUT2D eigenvalue weighted by atomic mass is 9.75. The van der Waals surface area contributed by atoms with Crippen molar-refractivity contribution in [3.63, 3.8) is 0 Å².